The minimum Gasteiger partial charge on any atom is -0.307 e. The molecule has 0 fully saturated rings. The van der Waals surface area contributed by atoms with E-state index < -0.39 is 0 Å². The van der Waals surface area contributed by atoms with Crippen molar-refractivity contribution in [2.45, 2.75) is 19.8 Å². The van der Waals surface area contributed by atoms with Crippen molar-refractivity contribution < 1.29 is 9.72 Å². The lowest BCUT2D eigenvalue weighted by molar-refractivity contribution is -0.385. The minimum atomic E-state index is -0.384. The molecule has 21 heavy (non-hydrogen) atoms. The fourth-order valence-electron chi connectivity index (χ4n) is 2.62. The van der Waals surface area contributed by atoms with Crippen molar-refractivity contribution >= 4 is 28.6 Å². The van der Waals surface area contributed by atoms with Crippen LogP contribution in [0.15, 0.2) is 23.7 Å². The summed E-state index contributed by atoms with van der Waals surface area (Å²) in [6, 6.07) is 4.89. The van der Waals surface area contributed by atoms with E-state index in [9.17, 15) is 14.9 Å². The van der Waals surface area contributed by atoms with Gasteiger partial charge in [-0.3, -0.25) is 14.9 Å². The second-order valence-corrected chi connectivity index (χ2v) is 5.71. The number of nitrogens with zero attached hydrogens (tertiary/aromatic N) is 3. The van der Waals surface area contributed by atoms with Crippen LogP contribution >= 0.6 is 11.3 Å². The van der Waals surface area contributed by atoms with Crippen LogP contribution in [0.1, 0.15) is 27.3 Å². The summed E-state index contributed by atoms with van der Waals surface area (Å²) in [5, 5.41) is 11.1. The molecule has 108 valence electrons. The van der Waals surface area contributed by atoms with Gasteiger partial charge < -0.3 is 4.90 Å². The monoisotopic (exact) mass is 303 g/mol. The summed E-state index contributed by atoms with van der Waals surface area (Å²) in [6.45, 7) is 2.37. The van der Waals surface area contributed by atoms with E-state index in [0.29, 0.717) is 34.8 Å². The molecule has 1 aromatic heterocycles. The largest absolute Gasteiger partial charge is 0.307 e. The Labute approximate surface area is 125 Å². The Morgan fingerprint density at radius 3 is 2.95 bits per heavy atom. The van der Waals surface area contributed by atoms with Crippen LogP contribution in [0, 0.1) is 17.0 Å². The van der Waals surface area contributed by atoms with Crippen LogP contribution in [-0.4, -0.2) is 22.4 Å². The summed E-state index contributed by atoms with van der Waals surface area (Å²) < 4.78 is 0. The highest BCUT2D eigenvalue weighted by Crippen LogP contribution is 2.35. The maximum Gasteiger partial charge on any atom is 0.274 e. The molecule has 3 rings (SSSR count). The number of aromatic nitrogens is 1. The van der Waals surface area contributed by atoms with Crippen molar-refractivity contribution in [2.75, 3.05) is 11.4 Å². The van der Waals surface area contributed by atoms with E-state index in [0.717, 1.165) is 6.42 Å². The minimum absolute atomic E-state index is 0.0889. The molecule has 2 heterocycles. The molecule has 0 aliphatic carbocycles. The first-order valence-corrected chi connectivity index (χ1v) is 7.46. The predicted molar refractivity (Wildman–Crippen MR) is 79.9 cm³/mol. The fraction of sp³-hybridized carbons (Fsp3) is 0.286. The average molecular weight is 303 g/mol. The maximum atomic E-state index is 12.7. The van der Waals surface area contributed by atoms with E-state index in [4.69, 9.17) is 0 Å². The first-order valence-electron chi connectivity index (χ1n) is 6.58. The summed E-state index contributed by atoms with van der Waals surface area (Å²) in [5.41, 5.74) is 3.71. The van der Waals surface area contributed by atoms with E-state index in [-0.39, 0.29) is 16.5 Å². The van der Waals surface area contributed by atoms with Gasteiger partial charge >= 0.3 is 0 Å². The van der Waals surface area contributed by atoms with Crippen LogP contribution in [0.2, 0.25) is 0 Å². The van der Waals surface area contributed by atoms with Crippen molar-refractivity contribution in [3.05, 3.63) is 50.0 Å². The van der Waals surface area contributed by atoms with Crippen molar-refractivity contribution in [2.24, 2.45) is 0 Å². The number of rotatable bonds is 2. The summed E-state index contributed by atoms with van der Waals surface area (Å²) >= 11 is 1.30. The molecule has 0 spiro atoms. The zero-order chi connectivity index (χ0) is 15.0. The van der Waals surface area contributed by atoms with Crippen molar-refractivity contribution in [3.8, 4) is 0 Å². The van der Waals surface area contributed by atoms with Crippen molar-refractivity contribution in [1.82, 2.24) is 4.98 Å². The van der Waals surface area contributed by atoms with Gasteiger partial charge in [0.05, 0.1) is 27.4 Å². The predicted octanol–water partition coefficient (Wildman–Crippen LogP) is 2.95. The van der Waals surface area contributed by atoms with Crippen LogP contribution < -0.4 is 4.90 Å². The lowest BCUT2D eigenvalue weighted by atomic mass is 9.99. The van der Waals surface area contributed by atoms with Gasteiger partial charge in [-0.15, -0.1) is 11.3 Å². The van der Waals surface area contributed by atoms with Gasteiger partial charge in [0.25, 0.3) is 11.6 Å². The van der Waals surface area contributed by atoms with Gasteiger partial charge in [-0.05, 0) is 25.8 Å². The number of nitro groups is 1. The van der Waals surface area contributed by atoms with Crippen LogP contribution in [-0.2, 0) is 6.42 Å². The number of carbonyl (C=O) groups is 1. The summed E-state index contributed by atoms with van der Waals surface area (Å²) in [4.78, 5) is 29.7. The Hall–Kier alpha value is -2.28. The highest BCUT2D eigenvalue weighted by Gasteiger charge is 2.29. The Morgan fingerprint density at radius 2 is 2.29 bits per heavy atom. The number of benzene rings is 1. The molecule has 0 bridgehead atoms. The number of fused-ring (bicyclic) bond motifs is 1. The van der Waals surface area contributed by atoms with Crippen LogP contribution in [0.25, 0.3) is 0 Å². The lowest BCUT2D eigenvalue weighted by Crippen LogP contribution is -2.35. The van der Waals surface area contributed by atoms with E-state index in [1.807, 2.05) is 0 Å². The number of amides is 1. The molecule has 6 nitrogen and oxygen atoms in total. The topological polar surface area (TPSA) is 76.3 Å². The third-order valence-electron chi connectivity index (χ3n) is 3.61. The Balaban J connectivity index is 2.05. The molecule has 7 heteroatoms. The highest BCUT2D eigenvalue weighted by molar-refractivity contribution is 7.12. The first kappa shape index (κ1) is 13.7. The van der Waals surface area contributed by atoms with Gasteiger partial charge in [0.1, 0.15) is 4.88 Å². The quantitative estimate of drug-likeness (QED) is 0.631. The molecular formula is C14H13N3O3S. The number of anilines is 1. The summed E-state index contributed by atoms with van der Waals surface area (Å²) in [7, 11) is 0. The molecule has 0 saturated carbocycles. The van der Waals surface area contributed by atoms with E-state index in [2.05, 4.69) is 4.98 Å². The zero-order valence-corrected chi connectivity index (χ0v) is 12.2. The second-order valence-electron chi connectivity index (χ2n) is 4.86. The molecule has 1 aliphatic rings. The average Bonchev–Trinajstić information content (AvgIpc) is 2.91. The molecule has 1 amide bonds. The third-order valence-corrected chi connectivity index (χ3v) is 4.52. The van der Waals surface area contributed by atoms with Crippen LogP contribution in [0.5, 0.6) is 0 Å². The van der Waals surface area contributed by atoms with E-state index in [1.54, 1.807) is 29.5 Å². The highest BCUT2D eigenvalue weighted by atomic mass is 32.1. The molecular weight excluding hydrogens is 290 g/mol. The SMILES string of the molecule is Cc1ncsc1C(=O)N1CCCc2c1cccc2[N+](=O)[O-]. The normalized spacial score (nSPS) is 13.9. The van der Waals surface area contributed by atoms with E-state index >= 15 is 0 Å². The second kappa shape index (κ2) is 5.25. The number of hydrogen-bond acceptors (Lipinski definition) is 5. The molecule has 0 atom stereocenters. The molecule has 0 saturated heterocycles. The standard InChI is InChI=1S/C14H13N3O3S/c1-9-13(21-8-15-9)14(18)16-7-3-4-10-11(16)5-2-6-12(10)17(19)20/h2,5-6,8H,3-4,7H2,1H3. The number of aryl methyl sites for hydroxylation is 1. The van der Waals surface area contributed by atoms with Crippen molar-refractivity contribution in [3.63, 3.8) is 0 Å². The molecule has 0 N–H and O–H groups in total. The molecule has 0 unspecified atom stereocenters. The van der Waals surface area contributed by atoms with Gasteiger partial charge in [-0.1, -0.05) is 6.07 Å². The van der Waals surface area contributed by atoms with Gasteiger partial charge in [0, 0.05) is 12.6 Å². The van der Waals surface area contributed by atoms with Crippen molar-refractivity contribution in [1.29, 1.82) is 0 Å². The van der Waals surface area contributed by atoms with E-state index in [1.165, 1.54) is 17.4 Å². The van der Waals surface area contributed by atoms with Gasteiger partial charge in [0.2, 0.25) is 0 Å². The fourth-order valence-corrected chi connectivity index (χ4v) is 3.37. The molecule has 0 radical (unpaired) electrons. The van der Waals surface area contributed by atoms with Gasteiger partial charge in [-0.25, -0.2) is 4.98 Å². The third kappa shape index (κ3) is 2.29. The maximum absolute atomic E-state index is 12.7. The zero-order valence-electron chi connectivity index (χ0n) is 11.4. The molecule has 1 aromatic carbocycles. The van der Waals surface area contributed by atoms with Gasteiger partial charge in [-0.2, -0.15) is 0 Å². The number of carbonyl (C=O) groups excluding carboxylic acids is 1. The number of hydrogen-bond donors (Lipinski definition) is 0. The summed E-state index contributed by atoms with van der Waals surface area (Å²) in [5.74, 6) is -0.128. The first-order chi connectivity index (χ1) is 10.1. The summed E-state index contributed by atoms with van der Waals surface area (Å²) in [6.07, 6.45) is 1.35. The van der Waals surface area contributed by atoms with Crippen LogP contribution in [0.4, 0.5) is 11.4 Å². The number of nitro benzene ring substituents is 1. The Kier molecular flexibility index (Phi) is 3.42. The lowest BCUT2D eigenvalue weighted by Gasteiger charge is -2.28. The van der Waals surface area contributed by atoms with Crippen LogP contribution in [0.3, 0.4) is 0 Å². The molecule has 1 aliphatic heterocycles. The number of thiazole rings is 1. The molecule has 2 aromatic rings. The Morgan fingerprint density at radius 1 is 1.48 bits per heavy atom. The van der Waals surface area contributed by atoms with Gasteiger partial charge in [0.15, 0.2) is 0 Å². The smallest absolute Gasteiger partial charge is 0.274 e. The Bertz CT molecular complexity index is 726.